The summed E-state index contributed by atoms with van der Waals surface area (Å²) in [6, 6.07) is 27.7. The molecule has 0 saturated heterocycles. The number of halogens is 2. The fourth-order valence-corrected chi connectivity index (χ4v) is 6.20. The molecule has 7 nitrogen and oxygen atoms in total. The van der Waals surface area contributed by atoms with Crippen molar-refractivity contribution < 1.29 is 22.4 Å². The first-order chi connectivity index (χ1) is 21.1. The zero-order valence-corrected chi connectivity index (χ0v) is 26.1. The summed E-state index contributed by atoms with van der Waals surface area (Å²) in [4.78, 5) is 29.6. The van der Waals surface area contributed by atoms with Crippen LogP contribution in [0.2, 0.25) is 5.02 Å². The number of sulfonamides is 1. The van der Waals surface area contributed by atoms with Gasteiger partial charge >= 0.3 is 0 Å². The van der Waals surface area contributed by atoms with Crippen LogP contribution in [0.1, 0.15) is 31.4 Å². The molecule has 0 heterocycles. The molecule has 0 radical (unpaired) electrons. The molecule has 2 amide bonds. The second-order valence-electron chi connectivity index (χ2n) is 10.5. The number of carbonyl (C=O) groups is 2. The van der Waals surface area contributed by atoms with Crippen molar-refractivity contribution in [2.75, 3.05) is 10.8 Å². The average Bonchev–Trinajstić information content (AvgIpc) is 3.03. The molecule has 44 heavy (non-hydrogen) atoms. The van der Waals surface area contributed by atoms with Gasteiger partial charge in [0, 0.05) is 24.0 Å². The highest BCUT2D eigenvalue weighted by Gasteiger charge is 2.35. The third-order valence-electron chi connectivity index (χ3n) is 7.26. The van der Waals surface area contributed by atoms with E-state index in [2.05, 4.69) is 5.32 Å². The molecular formula is C34H35ClFN3O4S. The number of carbonyl (C=O) groups excluding carboxylic acids is 2. The standard InChI is InChI=1S/C34H35ClFN3O4S/c1-3-25(2)37-34(41)32(22-26-10-6-4-7-11-26)38(23-27-14-18-29(36)19-15-27)33(40)24-39(30-20-16-28(35)17-21-30)44(42,43)31-12-8-5-9-13-31/h4-21,25,32H,3,22-24H2,1-2H3,(H,37,41). The van der Waals surface area contributed by atoms with Crippen molar-refractivity contribution in [3.8, 4) is 0 Å². The van der Waals surface area contributed by atoms with Crippen LogP contribution in [0.25, 0.3) is 0 Å². The molecule has 4 rings (SSSR count). The summed E-state index contributed by atoms with van der Waals surface area (Å²) in [5, 5.41) is 3.39. The van der Waals surface area contributed by atoms with E-state index < -0.39 is 34.3 Å². The lowest BCUT2D eigenvalue weighted by Gasteiger charge is -2.34. The van der Waals surface area contributed by atoms with E-state index in [0.29, 0.717) is 17.0 Å². The number of anilines is 1. The smallest absolute Gasteiger partial charge is 0.264 e. The minimum atomic E-state index is -4.21. The summed E-state index contributed by atoms with van der Waals surface area (Å²) < 4.78 is 42.7. The summed E-state index contributed by atoms with van der Waals surface area (Å²) in [6.45, 7) is 3.17. The van der Waals surface area contributed by atoms with Crippen LogP contribution >= 0.6 is 11.6 Å². The molecular weight excluding hydrogens is 601 g/mol. The first-order valence-electron chi connectivity index (χ1n) is 14.3. The Balaban J connectivity index is 1.79. The van der Waals surface area contributed by atoms with Gasteiger partial charge in [-0.25, -0.2) is 12.8 Å². The molecule has 2 unspecified atom stereocenters. The second-order valence-corrected chi connectivity index (χ2v) is 12.8. The van der Waals surface area contributed by atoms with E-state index in [9.17, 15) is 22.4 Å². The summed E-state index contributed by atoms with van der Waals surface area (Å²) in [5.41, 5.74) is 1.63. The normalized spacial score (nSPS) is 12.6. The second kappa shape index (κ2) is 15.0. The molecule has 0 spiro atoms. The Bertz CT molecular complexity index is 1640. The zero-order valence-electron chi connectivity index (χ0n) is 24.6. The van der Waals surface area contributed by atoms with Crippen LogP contribution in [0.3, 0.4) is 0 Å². The Morgan fingerprint density at radius 2 is 1.43 bits per heavy atom. The SMILES string of the molecule is CCC(C)NC(=O)C(Cc1ccccc1)N(Cc1ccc(F)cc1)C(=O)CN(c1ccc(Cl)cc1)S(=O)(=O)c1ccccc1. The number of nitrogens with zero attached hydrogens (tertiary/aromatic N) is 2. The van der Waals surface area contributed by atoms with E-state index in [1.54, 1.807) is 42.5 Å². The molecule has 0 aliphatic rings. The van der Waals surface area contributed by atoms with Gasteiger partial charge in [0.25, 0.3) is 10.0 Å². The largest absolute Gasteiger partial charge is 0.352 e. The predicted octanol–water partition coefficient (Wildman–Crippen LogP) is 6.23. The number of hydrogen-bond acceptors (Lipinski definition) is 4. The first kappa shape index (κ1) is 32.7. The molecule has 0 aliphatic carbocycles. The number of benzene rings is 4. The first-order valence-corrected chi connectivity index (χ1v) is 16.1. The fraction of sp³-hybridized carbons (Fsp3) is 0.235. The maximum atomic E-state index is 14.4. The van der Waals surface area contributed by atoms with Gasteiger partial charge in [0.05, 0.1) is 10.6 Å². The maximum absolute atomic E-state index is 14.4. The predicted molar refractivity (Wildman–Crippen MR) is 171 cm³/mol. The molecule has 0 aliphatic heterocycles. The van der Waals surface area contributed by atoms with Gasteiger partial charge in [-0.05, 0) is 73.0 Å². The van der Waals surface area contributed by atoms with Crippen LogP contribution in [0.15, 0.2) is 114 Å². The van der Waals surface area contributed by atoms with E-state index >= 15 is 0 Å². The highest BCUT2D eigenvalue weighted by atomic mass is 35.5. The molecule has 4 aromatic rings. The number of rotatable bonds is 13. The van der Waals surface area contributed by atoms with E-state index in [1.165, 1.54) is 41.3 Å². The minimum Gasteiger partial charge on any atom is -0.352 e. The Morgan fingerprint density at radius 1 is 0.841 bits per heavy atom. The molecule has 10 heteroatoms. The Morgan fingerprint density at radius 3 is 2.02 bits per heavy atom. The third kappa shape index (κ3) is 8.45. The van der Waals surface area contributed by atoms with E-state index in [4.69, 9.17) is 11.6 Å². The van der Waals surface area contributed by atoms with Gasteiger partial charge in [-0.15, -0.1) is 0 Å². The van der Waals surface area contributed by atoms with Crippen molar-refractivity contribution in [3.63, 3.8) is 0 Å². The molecule has 0 fully saturated rings. The quantitative estimate of drug-likeness (QED) is 0.189. The molecule has 2 atom stereocenters. The Hall–Kier alpha value is -4.21. The van der Waals surface area contributed by atoms with Gasteiger partial charge in [-0.3, -0.25) is 13.9 Å². The summed E-state index contributed by atoms with van der Waals surface area (Å²) in [6.07, 6.45) is 0.859. The van der Waals surface area contributed by atoms with Gasteiger partial charge in [-0.1, -0.05) is 79.2 Å². The zero-order chi connectivity index (χ0) is 31.7. The van der Waals surface area contributed by atoms with Crippen molar-refractivity contribution in [2.24, 2.45) is 0 Å². The van der Waals surface area contributed by atoms with E-state index in [-0.39, 0.29) is 35.5 Å². The lowest BCUT2D eigenvalue weighted by molar-refractivity contribution is -0.140. The van der Waals surface area contributed by atoms with Crippen LogP contribution in [-0.2, 0) is 32.6 Å². The average molecular weight is 636 g/mol. The van der Waals surface area contributed by atoms with Gasteiger partial charge in [0.15, 0.2) is 0 Å². The van der Waals surface area contributed by atoms with Crippen molar-refractivity contribution in [1.82, 2.24) is 10.2 Å². The summed E-state index contributed by atoms with van der Waals surface area (Å²) >= 11 is 6.10. The van der Waals surface area contributed by atoms with Gasteiger partial charge < -0.3 is 10.2 Å². The van der Waals surface area contributed by atoms with Crippen molar-refractivity contribution >= 4 is 39.1 Å². The Labute approximate surface area is 263 Å². The van der Waals surface area contributed by atoms with Gasteiger partial charge in [-0.2, -0.15) is 0 Å². The summed E-state index contributed by atoms with van der Waals surface area (Å²) in [5.74, 6) is -1.42. The minimum absolute atomic E-state index is 0.00295. The van der Waals surface area contributed by atoms with Crippen LogP contribution in [-0.4, -0.2) is 43.8 Å². The van der Waals surface area contributed by atoms with Gasteiger partial charge in [0.2, 0.25) is 11.8 Å². The molecule has 0 aromatic heterocycles. The van der Waals surface area contributed by atoms with Gasteiger partial charge in [0.1, 0.15) is 18.4 Å². The number of amides is 2. The third-order valence-corrected chi connectivity index (χ3v) is 9.30. The highest BCUT2D eigenvalue weighted by Crippen LogP contribution is 2.26. The number of hydrogen-bond donors (Lipinski definition) is 1. The molecule has 0 saturated carbocycles. The lowest BCUT2D eigenvalue weighted by Crippen LogP contribution is -2.54. The number of nitrogens with one attached hydrogen (secondary N) is 1. The van der Waals surface area contributed by atoms with Crippen LogP contribution in [0.5, 0.6) is 0 Å². The molecule has 0 bridgehead atoms. The lowest BCUT2D eigenvalue weighted by atomic mass is 10.0. The molecule has 230 valence electrons. The van der Waals surface area contributed by atoms with E-state index in [1.807, 2.05) is 44.2 Å². The monoisotopic (exact) mass is 635 g/mol. The molecule has 1 N–H and O–H groups in total. The topological polar surface area (TPSA) is 86.8 Å². The van der Waals surface area contributed by atoms with Crippen molar-refractivity contribution in [3.05, 3.63) is 131 Å². The highest BCUT2D eigenvalue weighted by molar-refractivity contribution is 7.92. The summed E-state index contributed by atoms with van der Waals surface area (Å²) in [7, 11) is -4.21. The van der Waals surface area contributed by atoms with Crippen LogP contribution in [0, 0.1) is 5.82 Å². The maximum Gasteiger partial charge on any atom is 0.264 e. The van der Waals surface area contributed by atoms with Crippen LogP contribution < -0.4 is 9.62 Å². The van der Waals surface area contributed by atoms with Crippen molar-refractivity contribution in [1.29, 1.82) is 0 Å². The Kier molecular flexibility index (Phi) is 11.1. The van der Waals surface area contributed by atoms with Crippen molar-refractivity contribution in [2.45, 2.75) is 50.2 Å². The fourth-order valence-electron chi connectivity index (χ4n) is 4.64. The molecule has 4 aromatic carbocycles. The van der Waals surface area contributed by atoms with Crippen LogP contribution in [0.4, 0.5) is 10.1 Å². The van der Waals surface area contributed by atoms with E-state index in [0.717, 1.165) is 9.87 Å².